The summed E-state index contributed by atoms with van der Waals surface area (Å²) in [5.41, 5.74) is 5.83. The van der Waals surface area contributed by atoms with E-state index >= 15 is 0 Å². The van der Waals surface area contributed by atoms with Crippen molar-refractivity contribution in [3.05, 3.63) is 56.2 Å². The second-order valence-corrected chi connectivity index (χ2v) is 5.53. The van der Waals surface area contributed by atoms with Crippen LogP contribution in [0.4, 0.5) is 4.39 Å². The summed E-state index contributed by atoms with van der Waals surface area (Å²) in [5, 5.41) is 7.57. The van der Waals surface area contributed by atoms with Crippen LogP contribution >= 0.6 is 39.1 Å². The fraction of sp³-hybridized carbons (Fsp3) is 0. The van der Waals surface area contributed by atoms with Crippen molar-refractivity contribution in [3.8, 4) is 11.5 Å². The van der Waals surface area contributed by atoms with Crippen LogP contribution < -0.4 is 10.5 Å². The van der Waals surface area contributed by atoms with Crippen molar-refractivity contribution < 1.29 is 9.13 Å². The van der Waals surface area contributed by atoms with Gasteiger partial charge < -0.3 is 10.5 Å². The van der Waals surface area contributed by atoms with Crippen LogP contribution in [0, 0.1) is 11.2 Å². The average molecular weight is 378 g/mol. The van der Waals surface area contributed by atoms with Crippen molar-refractivity contribution >= 4 is 45.0 Å². The van der Waals surface area contributed by atoms with Gasteiger partial charge in [-0.2, -0.15) is 0 Å². The van der Waals surface area contributed by atoms with Gasteiger partial charge in [0.1, 0.15) is 23.2 Å². The van der Waals surface area contributed by atoms with Crippen molar-refractivity contribution in [2.75, 3.05) is 0 Å². The lowest BCUT2D eigenvalue weighted by Gasteiger charge is -2.11. The van der Waals surface area contributed by atoms with Crippen LogP contribution in [0.15, 0.2) is 34.8 Å². The minimum Gasteiger partial charge on any atom is -0.455 e. The van der Waals surface area contributed by atoms with Crippen LogP contribution in [-0.4, -0.2) is 5.84 Å². The Balaban J connectivity index is 2.35. The van der Waals surface area contributed by atoms with Gasteiger partial charge in [-0.1, -0.05) is 23.2 Å². The molecule has 0 bridgehead atoms. The quantitative estimate of drug-likeness (QED) is 0.450. The predicted octanol–water partition coefficient (Wildman–Crippen LogP) is 4.97. The van der Waals surface area contributed by atoms with Gasteiger partial charge in [0.2, 0.25) is 0 Å². The molecule has 2 rings (SSSR count). The Kier molecular flexibility index (Phi) is 4.52. The second kappa shape index (κ2) is 5.99. The molecule has 0 aromatic heterocycles. The second-order valence-electron chi connectivity index (χ2n) is 3.86. The molecule has 0 unspecified atom stereocenters. The number of nitrogen functional groups attached to an aromatic ring is 1. The van der Waals surface area contributed by atoms with Crippen LogP contribution in [0.1, 0.15) is 5.56 Å². The van der Waals surface area contributed by atoms with Gasteiger partial charge in [0, 0.05) is 11.6 Å². The number of rotatable bonds is 3. The molecule has 0 saturated heterocycles. The molecule has 0 aliphatic carbocycles. The molecular weight excluding hydrogens is 370 g/mol. The van der Waals surface area contributed by atoms with Crippen molar-refractivity contribution in [2.24, 2.45) is 5.73 Å². The normalized spacial score (nSPS) is 10.4. The topological polar surface area (TPSA) is 59.1 Å². The number of hydrogen-bond donors (Lipinski definition) is 2. The molecule has 0 spiro atoms. The molecule has 0 radical (unpaired) electrons. The first kappa shape index (κ1) is 15.1. The minimum atomic E-state index is -0.596. The summed E-state index contributed by atoms with van der Waals surface area (Å²) in [7, 11) is 0. The molecule has 0 heterocycles. The summed E-state index contributed by atoms with van der Waals surface area (Å²) in [6.45, 7) is 0. The maximum Gasteiger partial charge on any atom is 0.146 e. The highest BCUT2D eigenvalue weighted by Crippen LogP contribution is 2.36. The molecule has 0 saturated carbocycles. The largest absolute Gasteiger partial charge is 0.455 e. The molecule has 2 aromatic rings. The average Bonchev–Trinajstić information content (AvgIpc) is 2.37. The highest BCUT2D eigenvalue weighted by molar-refractivity contribution is 9.10. The van der Waals surface area contributed by atoms with E-state index < -0.39 is 5.82 Å². The van der Waals surface area contributed by atoms with Crippen LogP contribution in [0.5, 0.6) is 11.5 Å². The first-order valence-corrected chi connectivity index (χ1v) is 6.89. The number of nitrogens with two attached hydrogens (primary N) is 1. The molecule has 3 nitrogen and oxygen atoms in total. The molecule has 0 amide bonds. The van der Waals surface area contributed by atoms with E-state index in [1.807, 2.05) is 0 Å². The molecule has 104 valence electrons. The van der Waals surface area contributed by atoms with Gasteiger partial charge in [-0.15, -0.1) is 0 Å². The van der Waals surface area contributed by atoms with Crippen LogP contribution in [0.2, 0.25) is 10.0 Å². The SMILES string of the molecule is N=C(N)c1ccc(Oc2cc(F)c(Cl)cc2Br)c(Cl)c1. The fourth-order valence-corrected chi connectivity index (χ4v) is 2.39. The maximum absolute atomic E-state index is 13.4. The maximum atomic E-state index is 13.4. The van der Waals surface area contributed by atoms with E-state index in [2.05, 4.69) is 15.9 Å². The number of hydrogen-bond acceptors (Lipinski definition) is 2. The number of benzene rings is 2. The third-order valence-corrected chi connectivity index (χ3v) is 3.64. The van der Waals surface area contributed by atoms with Gasteiger partial charge >= 0.3 is 0 Å². The number of amidine groups is 1. The Morgan fingerprint density at radius 3 is 2.45 bits per heavy atom. The molecule has 20 heavy (non-hydrogen) atoms. The zero-order valence-corrected chi connectivity index (χ0v) is 13.0. The number of nitrogens with one attached hydrogen (secondary N) is 1. The third kappa shape index (κ3) is 3.23. The molecule has 0 aliphatic heterocycles. The first-order valence-electron chi connectivity index (χ1n) is 5.35. The first-order chi connectivity index (χ1) is 9.38. The van der Waals surface area contributed by atoms with Gasteiger partial charge in [0.05, 0.1) is 14.5 Å². The van der Waals surface area contributed by atoms with E-state index in [0.29, 0.717) is 15.8 Å². The van der Waals surface area contributed by atoms with Crippen molar-refractivity contribution in [2.45, 2.75) is 0 Å². The molecule has 7 heteroatoms. The standard InChI is InChI=1S/C13H8BrCl2FN2O/c14-7-4-8(15)10(17)5-12(7)20-11-2-1-6(13(18)19)3-9(11)16/h1-5H,(H3,18,19). The summed E-state index contributed by atoms with van der Waals surface area (Å²) in [5.74, 6) is -0.137. The van der Waals surface area contributed by atoms with E-state index in [1.165, 1.54) is 12.1 Å². The van der Waals surface area contributed by atoms with E-state index in [9.17, 15) is 4.39 Å². The third-order valence-electron chi connectivity index (χ3n) is 2.44. The predicted molar refractivity (Wildman–Crippen MR) is 81.7 cm³/mol. The van der Waals surface area contributed by atoms with Gasteiger partial charge in [-0.3, -0.25) is 5.41 Å². The highest BCUT2D eigenvalue weighted by Gasteiger charge is 2.11. The Hall–Kier alpha value is -1.30. The Labute approximate surface area is 133 Å². The fourth-order valence-electron chi connectivity index (χ4n) is 1.45. The van der Waals surface area contributed by atoms with Gasteiger partial charge in [0.25, 0.3) is 0 Å². The lowest BCUT2D eigenvalue weighted by Crippen LogP contribution is -2.10. The molecule has 3 N–H and O–H groups in total. The van der Waals surface area contributed by atoms with Crippen molar-refractivity contribution in [1.29, 1.82) is 5.41 Å². The molecular formula is C13H8BrCl2FN2O. The molecule has 2 aromatic carbocycles. The van der Waals surface area contributed by atoms with Crippen LogP contribution in [0.3, 0.4) is 0 Å². The van der Waals surface area contributed by atoms with E-state index in [0.717, 1.165) is 6.07 Å². The van der Waals surface area contributed by atoms with E-state index in [1.54, 1.807) is 12.1 Å². The number of ether oxygens (including phenoxy) is 1. The zero-order valence-electron chi connectivity index (χ0n) is 9.88. The molecule has 0 atom stereocenters. The zero-order chi connectivity index (χ0) is 14.9. The summed E-state index contributed by atoms with van der Waals surface area (Å²) in [6.07, 6.45) is 0. The van der Waals surface area contributed by atoms with Gasteiger partial charge in [-0.25, -0.2) is 4.39 Å². The van der Waals surface area contributed by atoms with Crippen molar-refractivity contribution in [1.82, 2.24) is 0 Å². The summed E-state index contributed by atoms with van der Waals surface area (Å²) < 4.78 is 19.4. The summed E-state index contributed by atoms with van der Waals surface area (Å²) >= 11 is 14.9. The van der Waals surface area contributed by atoms with Gasteiger partial charge in [-0.05, 0) is 40.2 Å². The van der Waals surface area contributed by atoms with E-state index in [-0.39, 0.29) is 21.6 Å². The minimum absolute atomic E-state index is 0.0118. The lowest BCUT2D eigenvalue weighted by atomic mass is 10.2. The molecule has 0 aliphatic rings. The lowest BCUT2D eigenvalue weighted by molar-refractivity contribution is 0.474. The highest BCUT2D eigenvalue weighted by atomic mass is 79.9. The van der Waals surface area contributed by atoms with Crippen LogP contribution in [-0.2, 0) is 0 Å². The van der Waals surface area contributed by atoms with Gasteiger partial charge in [0.15, 0.2) is 0 Å². The summed E-state index contributed by atoms with van der Waals surface area (Å²) in [4.78, 5) is 0. The Morgan fingerprint density at radius 1 is 1.15 bits per heavy atom. The van der Waals surface area contributed by atoms with E-state index in [4.69, 9.17) is 39.1 Å². The van der Waals surface area contributed by atoms with Crippen LogP contribution in [0.25, 0.3) is 0 Å². The molecule has 0 fully saturated rings. The summed E-state index contributed by atoms with van der Waals surface area (Å²) in [6, 6.07) is 7.19. The smallest absolute Gasteiger partial charge is 0.146 e. The monoisotopic (exact) mass is 376 g/mol. The Bertz CT molecular complexity index is 694. The number of halogens is 4. The Morgan fingerprint density at radius 2 is 1.85 bits per heavy atom. The van der Waals surface area contributed by atoms with Crippen molar-refractivity contribution in [3.63, 3.8) is 0 Å².